The quantitative estimate of drug-likeness (QED) is 0.795. The lowest BCUT2D eigenvalue weighted by Crippen LogP contribution is -2.41. The Hall–Kier alpha value is -1.92. The normalized spacial score (nSPS) is 33.7. The monoisotopic (exact) mass is 291 g/mol. The molecule has 3 nitrogen and oxygen atoms in total. The van der Waals surface area contributed by atoms with Gasteiger partial charge in [0.1, 0.15) is 0 Å². The van der Waals surface area contributed by atoms with Gasteiger partial charge < -0.3 is 0 Å². The molecular weight excluding hydrogens is 270 g/mol. The lowest BCUT2D eigenvalue weighted by Gasteiger charge is -2.35. The lowest BCUT2D eigenvalue weighted by molar-refractivity contribution is 0.178. The summed E-state index contributed by atoms with van der Waals surface area (Å²) in [7, 11) is 2.21. The van der Waals surface area contributed by atoms with Gasteiger partial charge >= 0.3 is 0 Å². The van der Waals surface area contributed by atoms with Crippen LogP contribution in [0.2, 0.25) is 0 Å². The van der Waals surface area contributed by atoms with E-state index in [1.165, 1.54) is 24.0 Å². The molecule has 3 aliphatic rings. The van der Waals surface area contributed by atoms with Gasteiger partial charge in [0, 0.05) is 29.3 Å². The summed E-state index contributed by atoms with van der Waals surface area (Å²) >= 11 is 0. The minimum Gasteiger partial charge on any atom is -0.296 e. The van der Waals surface area contributed by atoms with E-state index in [0.717, 1.165) is 30.7 Å². The molecule has 1 aromatic rings. The van der Waals surface area contributed by atoms with Crippen LogP contribution in [0.5, 0.6) is 0 Å². The summed E-state index contributed by atoms with van der Waals surface area (Å²) in [6.45, 7) is 3.16. The number of aromatic nitrogens is 1. The summed E-state index contributed by atoms with van der Waals surface area (Å²) in [6.07, 6.45) is 11.0. The van der Waals surface area contributed by atoms with E-state index in [-0.39, 0.29) is 11.0 Å². The van der Waals surface area contributed by atoms with Crippen LogP contribution < -0.4 is 0 Å². The van der Waals surface area contributed by atoms with Crippen LogP contribution in [0.25, 0.3) is 5.57 Å². The minimum absolute atomic E-state index is 0.0974. The molecule has 1 saturated carbocycles. The molecule has 1 aliphatic heterocycles. The largest absolute Gasteiger partial charge is 0.296 e. The summed E-state index contributed by atoms with van der Waals surface area (Å²) in [4.78, 5) is 6.77. The molecule has 0 radical (unpaired) electrons. The second-order valence-electron chi connectivity index (χ2n) is 7.10. The zero-order chi connectivity index (χ0) is 15.4. The number of allylic oxidation sites excluding steroid dienone is 2. The van der Waals surface area contributed by atoms with Crippen molar-refractivity contribution < 1.29 is 0 Å². The highest BCUT2D eigenvalue weighted by atomic mass is 15.2. The van der Waals surface area contributed by atoms with Crippen molar-refractivity contribution in [1.82, 2.24) is 9.88 Å². The number of rotatable bonds is 1. The molecule has 0 N–H and O–H groups in total. The van der Waals surface area contributed by atoms with Crippen molar-refractivity contribution in [3.63, 3.8) is 0 Å². The molecule has 0 bridgehead atoms. The average molecular weight is 291 g/mol. The van der Waals surface area contributed by atoms with Gasteiger partial charge in [0.15, 0.2) is 0 Å². The maximum absolute atomic E-state index is 9.57. The van der Waals surface area contributed by atoms with Gasteiger partial charge in [-0.15, -0.1) is 0 Å². The number of hydrogen-bond donors (Lipinski definition) is 0. The van der Waals surface area contributed by atoms with Gasteiger partial charge in [-0.25, -0.2) is 0 Å². The Morgan fingerprint density at radius 2 is 2.23 bits per heavy atom. The van der Waals surface area contributed by atoms with Crippen molar-refractivity contribution in [2.45, 2.75) is 38.1 Å². The highest BCUT2D eigenvalue weighted by Crippen LogP contribution is 2.68. The van der Waals surface area contributed by atoms with Crippen LogP contribution in [0.3, 0.4) is 0 Å². The molecule has 2 aliphatic carbocycles. The van der Waals surface area contributed by atoms with Crippen molar-refractivity contribution >= 4 is 5.57 Å². The summed E-state index contributed by atoms with van der Waals surface area (Å²) in [5, 5.41) is 9.57. The zero-order valence-electron chi connectivity index (χ0n) is 13.3. The lowest BCUT2D eigenvalue weighted by atomic mass is 9.87. The van der Waals surface area contributed by atoms with E-state index in [0.29, 0.717) is 0 Å². The Morgan fingerprint density at radius 1 is 1.36 bits per heavy atom. The van der Waals surface area contributed by atoms with Crippen LogP contribution in [0.1, 0.15) is 36.9 Å². The molecule has 1 saturated heterocycles. The topological polar surface area (TPSA) is 39.9 Å². The number of nitriles is 1. The van der Waals surface area contributed by atoms with Crippen molar-refractivity contribution in [2.75, 3.05) is 13.6 Å². The molecular formula is C19H21N3. The second-order valence-corrected chi connectivity index (χ2v) is 7.10. The fraction of sp³-hybridized carbons (Fsp3) is 0.474. The predicted molar refractivity (Wildman–Crippen MR) is 86.9 cm³/mol. The molecule has 0 spiro atoms. The molecule has 2 unspecified atom stereocenters. The third-order valence-electron chi connectivity index (χ3n) is 5.78. The SMILES string of the molecule is Cc1cc(C2=CC34CCCN(C)C3(C=C(C#N)C2)C4)ccn1. The number of piperidine rings is 1. The molecule has 1 aromatic heterocycles. The molecule has 0 aromatic carbocycles. The van der Waals surface area contributed by atoms with E-state index in [1.54, 1.807) is 0 Å². The number of hydrogen-bond acceptors (Lipinski definition) is 3. The summed E-state index contributed by atoms with van der Waals surface area (Å²) < 4.78 is 0. The van der Waals surface area contributed by atoms with Gasteiger partial charge in [0.25, 0.3) is 0 Å². The maximum Gasteiger partial charge on any atom is 0.0947 e. The van der Waals surface area contributed by atoms with Crippen molar-refractivity contribution in [3.8, 4) is 6.07 Å². The maximum atomic E-state index is 9.57. The van der Waals surface area contributed by atoms with Crippen LogP contribution in [-0.2, 0) is 0 Å². The molecule has 2 heterocycles. The smallest absolute Gasteiger partial charge is 0.0947 e. The van der Waals surface area contributed by atoms with E-state index in [1.807, 2.05) is 13.1 Å². The number of nitrogens with zero attached hydrogens (tertiary/aromatic N) is 3. The first kappa shape index (κ1) is 13.7. The van der Waals surface area contributed by atoms with Crippen LogP contribution in [0.4, 0.5) is 0 Å². The Kier molecular flexibility index (Phi) is 2.83. The fourth-order valence-electron chi connectivity index (χ4n) is 4.57. The van der Waals surface area contributed by atoms with E-state index >= 15 is 0 Å². The third kappa shape index (κ3) is 1.80. The zero-order valence-corrected chi connectivity index (χ0v) is 13.3. The molecule has 0 amide bonds. The first-order valence-corrected chi connectivity index (χ1v) is 8.06. The van der Waals surface area contributed by atoms with Gasteiger partial charge in [-0.2, -0.15) is 5.26 Å². The summed E-state index contributed by atoms with van der Waals surface area (Å²) in [5.41, 5.74) is 4.80. The summed E-state index contributed by atoms with van der Waals surface area (Å²) in [5.74, 6) is 0. The van der Waals surface area contributed by atoms with Gasteiger partial charge in [0.05, 0.1) is 11.6 Å². The Labute approximate surface area is 132 Å². The second kappa shape index (κ2) is 4.54. The number of likely N-dealkylation sites (N-methyl/N-ethyl adjacent to an activating group) is 1. The van der Waals surface area contributed by atoms with Gasteiger partial charge in [0.2, 0.25) is 0 Å². The number of pyridine rings is 1. The van der Waals surface area contributed by atoms with Crippen LogP contribution >= 0.6 is 0 Å². The van der Waals surface area contributed by atoms with Crippen molar-refractivity contribution in [2.24, 2.45) is 5.41 Å². The fourth-order valence-corrected chi connectivity index (χ4v) is 4.57. The van der Waals surface area contributed by atoms with Crippen molar-refractivity contribution in [1.29, 1.82) is 5.26 Å². The molecule has 2 fully saturated rings. The number of likely N-dealkylation sites (tertiary alicyclic amines) is 1. The summed E-state index contributed by atoms with van der Waals surface area (Å²) in [6, 6.07) is 6.65. The van der Waals surface area contributed by atoms with Gasteiger partial charge in [-0.1, -0.05) is 6.08 Å². The van der Waals surface area contributed by atoms with Crippen LogP contribution in [-0.4, -0.2) is 29.0 Å². The van der Waals surface area contributed by atoms with E-state index in [2.05, 4.69) is 47.3 Å². The van der Waals surface area contributed by atoms with E-state index in [4.69, 9.17) is 0 Å². The van der Waals surface area contributed by atoms with E-state index < -0.39 is 0 Å². The highest BCUT2D eigenvalue weighted by molar-refractivity contribution is 5.72. The number of aryl methyl sites for hydroxylation is 1. The average Bonchev–Trinajstić information content (AvgIpc) is 3.17. The minimum atomic E-state index is 0.0974. The van der Waals surface area contributed by atoms with Gasteiger partial charge in [-0.05, 0) is 69.1 Å². The van der Waals surface area contributed by atoms with Crippen LogP contribution in [0, 0.1) is 23.7 Å². The molecule has 112 valence electrons. The van der Waals surface area contributed by atoms with E-state index in [9.17, 15) is 5.26 Å². The molecule has 22 heavy (non-hydrogen) atoms. The first-order valence-electron chi connectivity index (χ1n) is 8.06. The third-order valence-corrected chi connectivity index (χ3v) is 5.78. The highest BCUT2D eigenvalue weighted by Gasteiger charge is 2.68. The Bertz CT molecular complexity index is 739. The predicted octanol–water partition coefficient (Wildman–Crippen LogP) is 3.48. The Morgan fingerprint density at radius 3 is 3.00 bits per heavy atom. The van der Waals surface area contributed by atoms with Crippen LogP contribution in [0.15, 0.2) is 36.1 Å². The van der Waals surface area contributed by atoms with Crippen molar-refractivity contribution in [3.05, 3.63) is 47.3 Å². The molecule has 3 heteroatoms. The first-order chi connectivity index (χ1) is 10.6. The Balaban J connectivity index is 1.84. The molecule has 2 atom stereocenters. The van der Waals surface area contributed by atoms with Gasteiger partial charge in [-0.3, -0.25) is 9.88 Å². The molecule has 4 rings (SSSR count). The standard InChI is InChI=1S/C19H21N3/c1-14-8-16(4-6-21-14)17-9-15(12-20)10-19-13-18(19,11-17)5-3-7-22(19)2/h4,6,8,10-11H,3,5,7,9,13H2,1-2H3.